The zero-order valence-electron chi connectivity index (χ0n) is 13.2. The fourth-order valence-electron chi connectivity index (χ4n) is 2.23. The molecule has 0 aliphatic rings. The second kappa shape index (κ2) is 7.48. The summed E-state index contributed by atoms with van der Waals surface area (Å²) in [5.41, 5.74) is 1.46. The summed E-state index contributed by atoms with van der Waals surface area (Å²) in [7, 11) is -4.23. The van der Waals surface area contributed by atoms with E-state index in [9.17, 15) is 13.0 Å². The van der Waals surface area contributed by atoms with E-state index in [0.717, 1.165) is 11.3 Å². The third-order valence-corrected chi connectivity index (χ3v) is 4.22. The van der Waals surface area contributed by atoms with Crippen LogP contribution < -0.4 is 9.47 Å². The first-order chi connectivity index (χ1) is 10.9. The maximum absolute atomic E-state index is 11.4. The van der Waals surface area contributed by atoms with E-state index in [0.29, 0.717) is 30.9 Å². The number of rotatable bonds is 7. The van der Waals surface area contributed by atoms with Gasteiger partial charge in [0, 0.05) is 6.42 Å². The maximum atomic E-state index is 11.4. The molecule has 2 aromatic carbocycles. The first kappa shape index (κ1) is 17.3. The van der Waals surface area contributed by atoms with Crippen molar-refractivity contribution in [2.45, 2.75) is 25.2 Å². The van der Waals surface area contributed by atoms with Crippen LogP contribution in [-0.2, 0) is 16.5 Å². The predicted octanol–water partition coefficient (Wildman–Crippen LogP) is 3.26. The molecule has 5 nitrogen and oxygen atoms in total. The van der Waals surface area contributed by atoms with Crippen LogP contribution in [0.2, 0.25) is 0 Å². The van der Waals surface area contributed by atoms with Gasteiger partial charge in [0.05, 0.1) is 18.1 Å². The van der Waals surface area contributed by atoms with Crippen LogP contribution in [0.5, 0.6) is 11.5 Å². The average Bonchev–Trinajstić information content (AvgIpc) is 2.48. The second-order valence-electron chi connectivity index (χ2n) is 5.09. The quantitative estimate of drug-likeness (QED) is 0.786. The zero-order chi connectivity index (χ0) is 16.9. The van der Waals surface area contributed by atoms with Gasteiger partial charge >= 0.3 is 0 Å². The van der Waals surface area contributed by atoms with Crippen molar-refractivity contribution in [1.29, 1.82) is 0 Å². The summed E-state index contributed by atoms with van der Waals surface area (Å²) in [6, 6.07) is 12.0. The Morgan fingerprint density at radius 1 is 1.00 bits per heavy atom. The molecule has 2 rings (SSSR count). The van der Waals surface area contributed by atoms with E-state index in [2.05, 4.69) is 0 Å². The SMILES string of the molecule is CCOc1ccc(OCCc2cc(C)ccc2S(=O)(=O)O)cc1. The Morgan fingerprint density at radius 2 is 1.61 bits per heavy atom. The normalized spacial score (nSPS) is 11.3. The molecule has 0 radical (unpaired) electrons. The molecule has 1 N–H and O–H groups in total. The van der Waals surface area contributed by atoms with Crippen molar-refractivity contribution in [3.8, 4) is 11.5 Å². The summed E-state index contributed by atoms with van der Waals surface area (Å²) in [6.07, 6.45) is 0.379. The minimum absolute atomic E-state index is 0.0709. The van der Waals surface area contributed by atoms with E-state index in [-0.39, 0.29) is 4.90 Å². The van der Waals surface area contributed by atoms with Crippen molar-refractivity contribution in [3.05, 3.63) is 53.6 Å². The molecule has 0 amide bonds. The van der Waals surface area contributed by atoms with Crippen molar-refractivity contribution in [1.82, 2.24) is 0 Å². The molecule has 0 aromatic heterocycles. The summed E-state index contributed by atoms with van der Waals surface area (Å²) in [5.74, 6) is 1.45. The largest absolute Gasteiger partial charge is 0.494 e. The van der Waals surface area contributed by atoms with Gasteiger partial charge in [-0.15, -0.1) is 0 Å². The van der Waals surface area contributed by atoms with Gasteiger partial charge in [-0.3, -0.25) is 4.55 Å². The molecule has 0 unspecified atom stereocenters. The molecule has 0 atom stereocenters. The van der Waals surface area contributed by atoms with Crippen molar-refractivity contribution < 1.29 is 22.4 Å². The monoisotopic (exact) mass is 336 g/mol. The summed E-state index contributed by atoms with van der Waals surface area (Å²) in [6.45, 7) is 4.69. The Hall–Kier alpha value is -2.05. The van der Waals surface area contributed by atoms with Gasteiger partial charge in [0.15, 0.2) is 0 Å². The smallest absolute Gasteiger partial charge is 0.294 e. The van der Waals surface area contributed by atoms with E-state index in [1.54, 1.807) is 24.3 Å². The minimum Gasteiger partial charge on any atom is -0.494 e. The predicted molar refractivity (Wildman–Crippen MR) is 87.8 cm³/mol. The standard InChI is InChI=1S/C17H20O5S/c1-3-21-15-5-7-16(8-6-15)22-11-10-14-12-13(2)4-9-17(14)23(18,19)20/h4-9,12H,3,10-11H2,1-2H3,(H,18,19,20). The Balaban J connectivity index is 2.02. The van der Waals surface area contributed by atoms with Crippen LogP contribution in [0.1, 0.15) is 18.1 Å². The Bertz CT molecular complexity index is 751. The fourth-order valence-corrected chi connectivity index (χ4v) is 2.97. The number of hydrogen-bond acceptors (Lipinski definition) is 4. The Kier molecular flexibility index (Phi) is 5.63. The van der Waals surface area contributed by atoms with Gasteiger partial charge in [0.2, 0.25) is 0 Å². The first-order valence-corrected chi connectivity index (χ1v) is 8.77. The van der Waals surface area contributed by atoms with Gasteiger partial charge < -0.3 is 9.47 Å². The highest BCUT2D eigenvalue weighted by molar-refractivity contribution is 7.85. The number of aryl methyl sites for hydroxylation is 1. The fraction of sp³-hybridized carbons (Fsp3) is 0.294. The van der Waals surface area contributed by atoms with Crippen LogP contribution in [0.3, 0.4) is 0 Å². The molecule has 6 heteroatoms. The molecule has 0 spiro atoms. The van der Waals surface area contributed by atoms with Crippen molar-refractivity contribution >= 4 is 10.1 Å². The van der Waals surface area contributed by atoms with Gasteiger partial charge in [0.1, 0.15) is 11.5 Å². The Morgan fingerprint density at radius 3 is 2.17 bits per heavy atom. The second-order valence-corrected chi connectivity index (χ2v) is 6.48. The third-order valence-electron chi connectivity index (χ3n) is 3.27. The number of hydrogen-bond donors (Lipinski definition) is 1. The lowest BCUT2D eigenvalue weighted by Gasteiger charge is -2.10. The molecular formula is C17H20O5S. The van der Waals surface area contributed by atoms with Crippen LogP contribution in [0, 0.1) is 6.92 Å². The summed E-state index contributed by atoms with van der Waals surface area (Å²) in [5, 5.41) is 0. The molecule has 0 saturated carbocycles. The molecule has 0 fully saturated rings. The Labute approximate surface area is 136 Å². The van der Waals surface area contributed by atoms with E-state index in [1.165, 1.54) is 6.07 Å². The van der Waals surface area contributed by atoms with Crippen LogP contribution >= 0.6 is 0 Å². The van der Waals surface area contributed by atoms with Gasteiger partial charge in [-0.05, 0) is 49.7 Å². The summed E-state index contributed by atoms with van der Waals surface area (Å²) in [4.78, 5) is -0.0709. The lowest BCUT2D eigenvalue weighted by molar-refractivity contribution is 0.317. The highest BCUT2D eigenvalue weighted by Crippen LogP contribution is 2.20. The van der Waals surface area contributed by atoms with E-state index in [1.807, 2.05) is 26.0 Å². The highest BCUT2D eigenvalue weighted by Gasteiger charge is 2.15. The van der Waals surface area contributed by atoms with Crippen LogP contribution in [0.4, 0.5) is 0 Å². The van der Waals surface area contributed by atoms with Crippen LogP contribution in [-0.4, -0.2) is 26.2 Å². The topological polar surface area (TPSA) is 72.8 Å². The van der Waals surface area contributed by atoms with Crippen molar-refractivity contribution in [2.75, 3.05) is 13.2 Å². The molecule has 124 valence electrons. The average molecular weight is 336 g/mol. The van der Waals surface area contributed by atoms with Gasteiger partial charge in [-0.25, -0.2) is 0 Å². The zero-order valence-corrected chi connectivity index (χ0v) is 14.0. The summed E-state index contributed by atoms with van der Waals surface area (Å²) >= 11 is 0. The first-order valence-electron chi connectivity index (χ1n) is 7.33. The molecular weight excluding hydrogens is 316 g/mol. The molecule has 23 heavy (non-hydrogen) atoms. The highest BCUT2D eigenvalue weighted by atomic mass is 32.2. The minimum atomic E-state index is -4.23. The molecule has 0 bridgehead atoms. The van der Waals surface area contributed by atoms with Gasteiger partial charge in [0.25, 0.3) is 10.1 Å². The molecule has 0 heterocycles. The van der Waals surface area contributed by atoms with E-state index in [4.69, 9.17) is 9.47 Å². The lowest BCUT2D eigenvalue weighted by Crippen LogP contribution is -2.08. The van der Waals surface area contributed by atoms with Crippen molar-refractivity contribution in [2.24, 2.45) is 0 Å². The molecule has 0 saturated heterocycles. The number of ether oxygens (including phenoxy) is 2. The lowest BCUT2D eigenvalue weighted by atomic mass is 10.1. The molecule has 0 aliphatic heterocycles. The number of benzene rings is 2. The third kappa shape index (κ3) is 4.97. The van der Waals surface area contributed by atoms with Gasteiger partial charge in [-0.1, -0.05) is 17.7 Å². The van der Waals surface area contributed by atoms with Crippen LogP contribution in [0.25, 0.3) is 0 Å². The molecule has 0 aliphatic carbocycles. The maximum Gasteiger partial charge on any atom is 0.294 e. The molecule has 2 aromatic rings. The van der Waals surface area contributed by atoms with Crippen LogP contribution in [0.15, 0.2) is 47.4 Å². The van der Waals surface area contributed by atoms with Gasteiger partial charge in [-0.2, -0.15) is 8.42 Å². The van der Waals surface area contributed by atoms with E-state index < -0.39 is 10.1 Å². The summed E-state index contributed by atoms with van der Waals surface area (Å²) < 4.78 is 43.0. The van der Waals surface area contributed by atoms with Crippen molar-refractivity contribution in [3.63, 3.8) is 0 Å². The van der Waals surface area contributed by atoms with E-state index >= 15 is 0 Å².